The Morgan fingerprint density at radius 3 is 2.52 bits per heavy atom. The molecule has 0 spiro atoms. The SMILES string of the molecule is CC[C@H](C)[C@H]1NC(=O)/C(=C\c2ccc(OC)cc2)NC1=O. The monoisotopic (exact) mass is 288 g/mol. The predicted octanol–water partition coefficient (Wildman–Crippen LogP) is 1.70. The molecule has 1 heterocycles. The van der Waals surface area contributed by atoms with E-state index in [1.54, 1.807) is 25.3 Å². The molecule has 1 fully saturated rings. The summed E-state index contributed by atoms with van der Waals surface area (Å²) in [6.07, 6.45) is 2.48. The van der Waals surface area contributed by atoms with Crippen molar-refractivity contribution in [3.05, 3.63) is 35.5 Å². The quantitative estimate of drug-likeness (QED) is 0.829. The minimum atomic E-state index is -0.462. The van der Waals surface area contributed by atoms with Crippen molar-refractivity contribution in [1.82, 2.24) is 10.6 Å². The molecule has 5 nitrogen and oxygen atoms in total. The third kappa shape index (κ3) is 3.42. The molecular weight excluding hydrogens is 268 g/mol. The molecule has 0 radical (unpaired) electrons. The van der Waals surface area contributed by atoms with Crippen LogP contribution in [0.15, 0.2) is 30.0 Å². The Morgan fingerprint density at radius 1 is 1.29 bits per heavy atom. The zero-order chi connectivity index (χ0) is 15.4. The van der Waals surface area contributed by atoms with Gasteiger partial charge in [0.1, 0.15) is 17.5 Å². The van der Waals surface area contributed by atoms with Gasteiger partial charge in [-0.1, -0.05) is 32.4 Å². The molecule has 112 valence electrons. The van der Waals surface area contributed by atoms with E-state index < -0.39 is 6.04 Å². The third-order valence-electron chi connectivity index (χ3n) is 3.71. The summed E-state index contributed by atoms with van der Waals surface area (Å²) in [5, 5.41) is 5.45. The van der Waals surface area contributed by atoms with Crippen molar-refractivity contribution < 1.29 is 14.3 Å². The molecule has 2 amide bonds. The van der Waals surface area contributed by atoms with Crippen molar-refractivity contribution in [2.45, 2.75) is 26.3 Å². The highest BCUT2D eigenvalue weighted by atomic mass is 16.5. The molecular formula is C16H20N2O3. The average Bonchev–Trinajstić information content (AvgIpc) is 2.50. The van der Waals surface area contributed by atoms with Gasteiger partial charge in [-0.25, -0.2) is 0 Å². The largest absolute Gasteiger partial charge is 0.497 e. The van der Waals surface area contributed by atoms with Crippen LogP contribution in [0, 0.1) is 5.92 Å². The van der Waals surface area contributed by atoms with Crippen LogP contribution in [0.1, 0.15) is 25.8 Å². The van der Waals surface area contributed by atoms with E-state index in [-0.39, 0.29) is 23.4 Å². The van der Waals surface area contributed by atoms with Crippen LogP contribution in [0.25, 0.3) is 6.08 Å². The van der Waals surface area contributed by atoms with E-state index in [1.165, 1.54) is 0 Å². The minimum Gasteiger partial charge on any atom is -0.497 e. The first-order valence-electron chi connectivity index (χ1n) is 7.02. The fourth-order valence-electron chi connectivity index (χ4n) is 2.16. The molecule has 0 unspecified atom stereocenters. The van der Waals surface area contributed by atoms with Crippen LogP contribution in [0.4, 0.5) is 0 Å². The molecule has 0 bridgehead atoms. The van der Waals surface area contributed by atoms with Gasteiger partial charge >= 0.3 is 0 Å². The Hall–Kier alpha value is -2.30. The minimum absolute atomic E-state index is 0.108. The third-order valence-corrected chi connectivity index (χ3v) is 3.71. The molecule has 1 aromatic rings. The van der Waals surface area contributed by atoms with E-state index in [0.29, 0.717) is 0 Å². The molecule has 1 aromatic carbocycles. The van der Waals surface area contributed by atoms with Gasteiger partial charge in [0.2, 0.25) is 5.91 Å². The second-order valence-electron chi connectivity index (χ2n) is 5.16. The molecule has 5 heteroatoms. The van der Waals surface area contributed by atoms with Crippen molar-refractivity contribution in [3.63, 3.8) is 0 Å². The lowest BCUT2D eigenvalue weighted by molar-refractivity contribution is -0.132. The van der Waals surface area contributed by atoms with Crippen molar-refractivity contribution in [2.75, 3.05) is 7.11 Å². The molecule has 0 aliphatic carbocycles. The van der Waals surface area contributed by atoms with Crippen LogP contribution < -0.4 is 15.4 Å². The first-order chi connectivity index (χ1) is 10.0. The van der Waals surface area contributed by atoms with Gasteiger partial charge in [0, 0.05) is 0 Å². The highest BCUT2D eigenvalue weighted by Gasteiger charge is 2.32. The van der Waals surface area contributed by atoms with Crippen LogP contribution in [0.5, 0.6) is 5.75 Å². The summed E-state index contributed by atoms with van der Waals surface area (Å²) < 4.78 is 5.08. The summed E-state index contributed by atoms with van der Waals surface area (Å²) >= 11 is 0. The van der Waals surface area contributed by atoms with Gasteiger partial charge in [-0.05, 0) is 29.7 Å². The highest BCUT2D eigenvalue weighted by molar-refractivity contribution is 6.07. The van der Waals surface area contributed by atoms with Crippen molar-refractivity contribution >= 4 is 17.9 Å². The maximum atomic E-state index is 12.1. The van der Waals surface area contributed by atoms with Crippen LogP contribution in [0.3, 0.4) is 0 Å². The van der Waals surface area contributed by atoms with Gasteiger partial charge in [-0.2, -0.15) is 0 Å². The van der Waals surface area contributed by atoms with Gasteiger partial charge in [-0.3, -0.25) is 9.59 Å². The fourth-order valence-corrected chi connectivity index (χ4v) is 2.16. The smallest absolute Gasteiger partial charge is 0.268 e. The van der Waals surface area contributed by atoms with Crippen molar-refractivity contribution in [3.8, 4) is 5.75 Å². The Morgan fingerprint density at radius 2 is 1.95 bits per heavy atom. The Labute approximate surface area is 124 Å². The number of amides is 2. The normalized spacial score (nSPS) is 21.7. The van der Waals surface area contributed by atoms with E-state index >= 15 is 0 Å². The number of carbonyl (C=O) groups excluding carboxylic acids is 2. The van der Waals surface area contributed by atoms with Crippen LogP contribution in [-0.2, 0) is 9.59 Å². The second kappa shape index (κ2) is 6.43. The number of hydrogen-bond donors (Lipinski definition) is 2. The summed E-state index contributed by atoms with van der Waals surface area (Å²) in [5.74, 6) is 0.432. The van der Waals surface area contributed by atoms with E-state index in [2.05, 4.69) is 10.6 Å². The lowest BCUT2D eigenvalue weighted by Gasteiger charge is -2.28. The maximum absolute atomic E-state index is 12.1. The maximum Gasteiger partial charge on any atom is 0.268 e. The summed E-state index contributed by atoms with van der Waals surface area (Å²) in [7, 11) is 1.59. The number of ether oxygens (including phenoxy) is 1. The Kier molecular flexibility index (Phi) is 4.62. The lowest BCUT2D eigenvalue weighted by Crippen LogP contribution is -2.57. The Balaban J connectivity index is 2.16. The summed E-state index contributed by atoms with van der Waals surface area (Å²) in [5.41, 5.74) is 1.09. The molecule has 1 saturated heterocycles. The fraction of sp³-hybridized carbons (Fsp3) is 0.375. The molecule has 1 aliphatic rings. The van der Waals surface area contributed by atoms with Gasteiger partial charge < -0.3 is 15.4 Å². The van der Waals surface area contributed by atoms with E-state index in [0.717, 1.165) is 17.7 Å². The summed E-state index contributed by atoms with van der Waals surface area (Å²) in [6.45, 7) is 3.94. The number of benzene rings is 1. The number of carbonyl (C=O) groups is 2. The standard InChI is InChI=1S/C16H20N2O3/c1-4-10(2)14-16(20)17-13(15(19)18-14)9-11-5-7-12(21-3)8-6-11/h5-10,14H,4H2,1-3H3,(H,17,20)(H,18,19)/b13-9+/t10-,14+/m0/s1. The number of rotatable bonds is 4. The molecule has 2 N–H and O–H groups in total. The molecule has 2 atom stereocenters. The number of methoxy groups -OCH3 is 1. The van der Waals surface area contributed by atoms with Crippen LogP contribution >= 0.6 is 0 Å². The second-order valence-corrected chi connectivity index (χ2v) is 5.16. The van der Waals surface area contributed by atoms with Crippen LogP contribution in [0.2, 0.25) is 0 Å². The predicted molar refractivity (Wildman–Crippen MR) is 80.5 cm³/mol. The highest BCUT2D eigenvalue weighted by Crippen LogP contribution is 2.16. The van der Waals surface area contributed by atoms with Gasteiger partial charge in [0.05, 0.1) is 7.11 Å². The first kappa shape index (κ1) is 15.1. The van der Waals surface area contributed by atoms with Gasteiger partial charge in [0.25, 0.3) is 5.91 Å². The number of piperazine rings is 1. The summed E-state index contributed by atoms with van der Waals surface area (Å²) in [6, 6.07) is 6.79. The zero-order valence-electron chi connectivity index (χ0n) is 12.5. The average molecular weight is 288 g/mol. The van der Waals surface area contributed by atoms with E-state index in [9.17, 15) is 9.59 Å². The van der Waals surface area contributed by atoms with Gasteiger partial charge in [-0.15, -0.1) is 0 Å². The number of nitrogens with one attached hydrogen (secondary N) is 2. The van der Waals surface area contributed by atoms with Crippen molar-refractivity contribution in [1.29, 1.82) is 0 Å². The molecule has 0 saturated carbocycles. The topological polar surface area (TPSA) is 67.4 Å². The molecule has 21 heavy (non-hydrogen) atoms. The Bertz CT molecular complexity index is 563. The zero-order valence-corrected chi connectivity index (χ0v) is 12.5. The van der Waals surface area contributed by atoms with E-state index in [1.807, 2.05) is 26.0 Å². The van der Waals surface area contributed by atoms with Gasteiger partial charge in [0.15, 0.2) is 0 Å². The first-order valence-corrected chi connectivity index (χ1v) is 7.02. The molecule has 0 aromatic heterocycles. The van der Waals surface area contributed by atoms with Crippen LogP contribution in [-0.4, -0.2) is 25.0 Å². The molecule has 2 rings (SSSR count). The number of hydrogen-bond acceptors (Lipinski definition) is 3. The van der Waals surface area contributed by atoms with E-state index in [4.69, 9.17) is 4.74 Å². The molecule has 1 aliphatic heterocycles. The lowest BCUT2D eigenvalue weighted by atomic mass is 9.96. The van der Waals surface area contributed by atoms with Crippen molar-refractivity contribution in [2.24, 2.45) is 5.92 Å². The summed E-state index contributed by atoms with van der Waals surface area (Å²) in [4.78, 5) is 24.1.